The van der Waals surface area contributed by atoms with Crippen LogP contribution < -0.4 is 0 Å². The Kier molecular flexibility index (Phi) is 8.03. The van der Waals surface area contributed by atoms with Crippen molar-refractivity contribution < 1.29 is 19.4 Å². The van der Waals surface area contributed by atoms with Crippen LogP contribution in [0, 0.1) is 25.7 Å². The second-order valence-corrected chi connectivity index (χ2v) is 8.86. The zero-order valence-corrected chi connectivity index (χ0v) is 18.9. The van der Waals surface area contributed by atoms with Gasteiger partial charge in [-0.3, -0.25) is 9.59 Å². The van der Waals surface area contributed by atoms with Crippen LogP contribution in [0.1, 0.15) is 52.6 Å². The minimum Gasteiger partial charge on any atom is -0.469 e. The fourth-order valence-corrected chi connectivity index (χ4v) is 5.03. The molecule has 1 N–H and O–H groups in total. The van der Waals surface area contributed by atoms with Crippen LogP contribution in [-0.4, -0.2) is 30.6 Å². The van der Waals surface area contributed by atoms with Crippen molar-refractivity contribution in [3.8, 4) is 0 Å². The van der Waals surface area contributed by atoms with E-state index in [0.29, 0.717) is 37.4 Å². The quantitative estimate of drug-likeness (QED) is 0.611. The number of hydrogen-bond donors (Lipinski definition) is 1. The molecule has 4 nitrogen and oxygen atoms in total. The highest BCUT2D eigenvalue weighted by Crippen LogP contribution is 2.35. The molecule has 31 heavy (non-hydrogen) atoms. The molecule has 3 rings (SSSR count). The van der Waals surface area contributed by atoms with Crippen LogP contribution in [0.2, 0.25) is 0 Å². The number of ketones is 1. The van der Waals surface area contributed by atoms with Gasteiger partial charge in [0.1, 0.15) is 5.78 Å². The van der Waals surface area contributed by atoms with Crippen molar-refractivity contribution in [1.82, 2.24) is 0 Å². The topological polar surface area (TPSA) is 63.6 Å². The molecule has 1 fully saturated rings. The molecule has 1 aliphatic rings. The smallest absolute Gasteiger partial charge is 0.305 e. The lowest BCUT2D eigenvalue weighted by molar-refractivity contribution is -0.140. The molecule has 2 aromatic rings. The van der Waals surface area contributed by atoms with Crippen molar-refractivity contribution in [2.45, 2.75) is 58.8 Å². The molecule has 1 unspecified atom stereocenters. The molecule has 1 aliphatic carbocycles. The highest BCUT2D eigenvalue weighted by Gasteiger charge is 2.34. The second kappa shape index (κ2) is 10.7. The van der Waals surface area contributed by atoms with Gasteiger partial charge < -0.3 is 9.84 Å². The predicted molar refractivity (Wildman–Crippen MR) is 122 cm³/mol. The lowest BCUT2D eigenvalue weighted by Crippen LogP contribution is -2.20. The number of aliphatic hydroxyl groups excluding tert-OH is 1. The Hall–Kier alpha value is -2.46. The number of ether oxygens (including phenoxy) is 1. The number of aliphatic hydroxyl groups is 1. The van der Waals surface area contributed by atoms with E-state index in [1.807, 2.05) is 12.1 Å². The maximum absolute atomic E-state index is 12.7. The highest BCUT2D eigenvalue weighted by atomic mass is 16.5. The molecule has 0 aromatic heterocycles. The number of benzene rings is 2. The molecule has 1 saturated carbocycles. The molecule has 0 heterocycles. The van der Waals surface area contributed by atoms with Gasteiger partial charge in [0.15, 0.2) is 0 Å². The average molecular weight is 423 g/mol. The zero-order chi connectivity index (χ0) is 22.4. The Balaban J connectivity index is 1.70. The van der Waals surface area contributed by atoms with Crippen LogP contribution in [0.25, 0.3) is 0 Å². The first-order valence-corrected chi connectivity index (χ1v) is 11.3. The monoisotopic (exact) mass is 422 g/mol. The molecule has 0 saturated heterocycles. The van der Waals surface area contributed by atoms with Crippen LogP contribution in [0.15, 0.2) is 36.4 Å². The Morgan fingerprint density at radius 3 is 2.42 bits per heavy atom. The first-order valence-electron chi connectivity index (χ1n) is 11.3. The average Bonchev–Trinajstić information content (AvgIpc) is 3.08. The summed E-state index contributed by atoms with van der Waals surface area (Å²) in [5.41, 5.74) is 7.19. The van der Waals surface area contributed by atoms with Gasteiger partial charge in [0, 0.05) is 25.4 Å². The summed E-state index contributed by atoms with van der Waals surface area (Å²) in [7, 11) is 1.42. The first kappa shape index (κ1) is 23.2. The van der Waals surface area contributed by atoms with Crippen molar-refractivity contribution in [3.63, 3.8) is 0 Å². The van der Waals surface area contributed by atoms with Crippen molar-refractivity contribution >= 4 is 11.8 Å². The zero-order valence-electron chi connectivity index (χ0n) is 18.9. The van der Waals surface area contributed by atoms with E-state index >= 15 is 0 Å². The Labute approximate surface area is 185 Å². The van der Waals surface area contributed by atoms with Crippen molar-refractivity contribution in [3.05, 3.63) is 69.8 Å². The van der Waals surface area contributed by atoms with E-state index in [4.69, 9.17) is 4.74 Å². The van der Waals surface area contributed by atoms with E-state index in [0.717, 1.165) is 24.8 Å². The molecule has 0 spiro atoms. The van der Waals surface area contributed by atoms with Gasteiger partial charge in [0.05, 0.1) is 7.11 Å². The summed E-state index contributed by atoms with van der Waals surface area (Å²) in [6.45, 7) is 4.34. The van der Waals surface area contributed by atoms with Crippen LogP contribution in [-0.2, 0) is 40.0 Å². The van der Waals surface area contributed by atoms with Gasteiger partial charge in [-0.15, -0.1) is 0 Å². The summed E-state index contributed by atoms with van der Waals surface area (Å²) in [6.07, 6.45) is 5.01. The number of carbonyl (C=O) groups is 2. The largest absolute Gasteiger partial charge is 0.469 e. The second-order valence-electron chi connectivity index (χ2n) is 8.86. The summed E-state index contributed by atoms with van der Waals surface area (Å²) < 4.78 is 4.74. The normalized spacial score (nSPS) is 18.4. The molecule has 0 aliphatic heterocycles. The third-order valence-electron chi connectivity index (χ3n) is 6.65. The molecule has 166 valence electrons. The van der Waals surface area contributed by atoms with Gasteiger partial charge in [-0.1, -0.05) is 36.4 Å². The number of carbonyl (C=O) groups excluding carboxylic acids is 2. The van der Waals surface area contributed by atoms with Gasteiger partial charge in [-0.25, -0.2) is 0 Å². The van der Waals surface area contributed by atoms with Crippen LogP contribution in [0.5, 0.6) is 0 Å². The minimum atomic E-state index is -0.192. The highest BCUT2D eigenvalue weighted by molar-refractivity contribution is 5.83. The van der Waals surface area contributed by atoms with Crippen LogP contribution in [0.4, 0.5) is 0 Å². The molecule has 4 heteroatoms. The molecule has 2 atom stereocenters. The van der Waals surface area contributed by atoms with Crippen molar-refractivity contribution in [2.24, 2.45) is 11.8 Å². The molecular weight excluding hydrogens is 388 g/mol. The lowest BCUT2D eigenvalue weighted by Gasteiger charge is -2.20. The number of hydrogen-bond acceptors (Lipinski definition) is 4. The van der Waals surface area contributed by atoms with E-state index in [1.54, 1.807) is 0 Å². The maximum atomic E-state index is 12.7. The van der Waals surface area contributed by atoms with Crippen molar-refractivity contribution in [1.29, 1.82) is 0 Å². The third-order valence-corrected chi connectivity index (χ3v) is 6.65. The molecule has 0 amide bonds. The molecular formula is C27H34O4. The Morgan fingerprint density at radius 1 is 1.03 bits per heavy atom. The third kappa shape index (κ3) is 6.04. The number of aryl methyl sites for hydroxylation is 3. The minimum absolute atomic E-state index is 0.0567. The SMILES string of the molecule is COC(=O)CCc1cccc(C[C@H]2CCC(=O)C2Cc2cc(C)c(CCO)c(C)c2)c1. The summed E-state index contributed by atoms with van der Waals surface area (Å²) in [4.78, 5) is 24.1. The lowest BCUT2D eigenvalue weighted by atomic mass is 9.83. The molecule has 0 radical (unpaired) electrons. The van der Waals surface area contributed by atoms with E-state index in [-0.39, 0.29) is 18.5 Å². The fourth-order valence-electron chi connectivity index (χ4n) is 5.03. The standard InChI is InChI=1S/C27H34O4/c1-18-13-22(14-19(2)24(18)11-12-28)17-25-23(8-9-26(25)29)16-21-6-4-5-20(15-21)7-10-27(30)31-3/h4-6,13-15,23,25,28H,7-12,16-17H2,1-3H3/t23-,25?/m1/s1. The summed E-state index contributed by atoms with van der Waals surface area (Å²) in [5, 5.41) is 9.30. The van der Waals surface area contributed by atoms with Gasteiger partial charge in [-0.2, -0.15) is 0 Å². The summed E-state index contributed by atoms with van der Waals surface area (Å²) in [6, 6.07) is 12.8. The number of rotatable bonds is 9. The maximum Gasteiger partial charge on any atom is 0.305 e. The van der Waals surface area contributed by atoms with E-state index < -0.39 is 0 Å². The predicted octanol–water partition coefficient (Wildman–Crippen LogP) is 4.32. The van der Waals surface area contributed by atoms with Crippen molar-refractivity contribution in [2.75, 3.05) is 13.7 Å². The number of esters is 1. The molecule has 0 bridgehead atoms. The first-order chi connectivity index (χ1) is 14.9. The molecule has 2 aromatic carbocycles. The number of methoxy groups -OCH3 is 1. The summed E-state index contributed by atoms with van der Waals surface area (Å²) >= 11 is 0. The van der Waals surface area contributed by atoms with E-state index in [9.17, 15) is 14.7 Å². The van der Waals surface area contributed by atoms with E-state index in [1.165, 1.54) is 34.9 Å². The Bertz CT molecular complexity index is 908. The van der Waals surface area contributed by atoms with Gasteiger partial charge in [0.25, 0.3) is 0 Å². The Morgan fingerprint density at radius 2 is 1.74 bits per heavy atom. The van der Waals surface area contributed by atoms with Gasteiger partial charge in [-0.05, 0) is 85.3 Å². The summed E-state index contributed by atoms with van der Waals surface area (Å²) in [5.74, 6) is 0.589. The van der Waals surface area contributed by atoms with Crippen LogP contribution >= 0.6 is 0 Å². The fraction of sp³-hybridized carbons (Fsp3) is 0.481. The van der Waals surface area contributed by atoms with Gasteiger partial charge >= 0.3 is 5.97 Å². The van der Waals surface area contributed by atoms with E-state index in [2.05, 4.69) is 38.1 Å². The van der Waals surface area contributed by atoms with Gasteiger partial charge in [0.2, 0.25) is 0 Å². The van der Waals surface area contributed by atoms with Crippen LogP contribution in [0.3, 0.4) is 0 Å². The number of Topliss-reactive ketones (excluding diaryl/α,β-unsaturated/α-hetero) is 1.